The first-order chi connectivity index (χ1) is 6.87. The van der Waals surface area contributed by atoms with Crippen molar-refractivity contribution in [3.8, 4) is 0 Å². The summed E-state index contributed by atoms with van der Waals surface area (Å²) in [6, 6.07) is 0. The van der Waals surface area contributed by atoms with Crippen LogP contribution in [0.25, 0.3) is 0 Å². The van der Waals surface area contributed by atoms with Crippen molar-refractivity contribution in [1.82, 2.24) is 5.01 Å². The molecule has 0 aliphatic carbocycles. The lowest BCUT2D eigenvalue weighted by Crippen LogP contribution is -2.60. The van der Waals surface area contributed by atoms with Crippen molar-refractivity contribution in [3.05, 3.63) is 4.91 Å². The summed E-state index contributed by atoms with van der Waals surface area (Å²) in [5, 5.41) is 5.70. The van der Waals surface area contributed by atoms with E-state index < -0.39 is 0 Å². The van der Waals surface area contributed by atoms with E-state index in [1.54, 1.807) is 0 Å². The molecule has 2 rings (SSSR count). The molecule has 0 N–H and O–H groups in total. The summed E-state index contributed by atoms with van der Waals surface area (Å²) >= 11 is 0. The number of nitroso groups, excluding NO2 is 1. The lowest BCUT2D eigenvalue weighted by atomic mass is 10.1. The number of hydrogen-bond acceptors (Lipinski definition) is 3. The van der Waals surface area contributed by atoms with Gasteiger partial charge in [0.2, 0.25) is 0 Å². The smallest absolute Gasteiger partial charge is 0.126 e. The van der Waals surface area contributed by atoms with Crippen LogP contribution in [-0.2, 0) is 0 Å². The summed E-state index contributed by atoms with van der Waals surface area (Å²) in [6.45, 7) is 3.99. The van der Waals surface area contributed by atoms with Gasteiger partial charge in [-0.15, -0.1) is 5.01 Å². The molecule has 0 aromatic heterocycles. The van der Waals surface area contributed by atoms with Gasteiger partial charge in [-0.05, 0) is 19.3 Å². The number of piperidine rings is 2. The molecule has 2 fully saturated rings. The van der Waals surface area contributed by atoms with Gasteiger partial charge in [0.15, 0.2) is 5.29 Å². The van der Waals surface area contributed by atoms with Crippen LogP contribution in [0.1, 0.15) is 38.5 Å². The summed E-state index contributed by atoms with van der Waals surface area (Å²) in [5.74, 6) is 0. The Hall–Kier alpha value is -0.480. The van der Waals surface area contributed by atoms with Gasteiger partial charge in [-0.1, -0.05) is 16.0 Å². The number of hydrogen-bond donors (Lipinski definition) is 0. The van der Waals surface area contributed by atoms with Crippen LogP contribution in [0.5, 0.6) is 0 Å². The Kier molecular flexibility index (Phi) is 3.13. The summed E-state index contributed by atoms with van der Waals surface area (Å²) in [5.41, 5.74) is 0. The van der Waals surface area contributed by atoms with Gasteiger partial charge in [-0.2, -0.15) is 0 Å². The standard InChI is InChI=1S/C10H20N3O/c14-11-13(9-5-2-6-10-13)12-7-3-1-4-8-12/h1-10H2/q+1. The van der Waals surface area contributed by atoms with Gasteiger partial charge in [-0.25, -0.2) is 0 Å². The molecule has 0 saturated carbocycles. The van der Waals surface area contributed by atoms with Crippen LogP contribution in [0.2, 0.25) is 0 Å². The first-order valence-electron chi connectivity index (χ1n) is 5.85. The van der Waals surface area contributed by atoms with E-state index >= 15 is 0 Å². The van der Waals surface area contributed by atoms with Gasteiger partial charge in [-0.3, -0.25) is 0 Å². The van der Waals surface area contributed by atoms with Crippen molar-refractivity contribution >= 4 is 0 Å². The zero-order chi connectivity index (χ0) is 9.86. The van der Waals surface area contributed by atoms with Gasteiger partial charge in [0.1, 0.15) is 13.1 Å². The van der Waals surface area contributed by atoms with E-state index in [9.17, 15) is 4.91 Å². The maximum absolute atomic E-state index is 11.1. The SMILES string of the molecule is O=N[N+]1(N2CCCCC2)CCCCC1. The second-order valence-electron chi connectivity index (χ2n) is 4.48. The third-order valence-electron chi connectivity index (χ3n) is 3.54. The molecule has 80 valence electrons. The normalized spacial score (nSPS) is 28.6. The van der Waals surface area contributed by atoms with Crippen molar-refractivity contribution in [3.63, 3.8) is 0 Å². The molecule has 2 saturated heterocycles. The van der Waals surface area contributed by atoms with E-state index in [1.165, 1.54) is 25.7 Å². The lowest BCUT2D eigenvalue weighted by molar-refractivity contribution is -1.05. The molecule has 2 heterocycles. The number of nitrogens with zero attached hydrogens (tertiary/aromatic N) is 3. The molecule has 0 aromatic rings. The van der Waals surface area contributed by atoms with E-state index in [-0.39, 0.29) is 0 Å². The topological polar surface area (TPSA) is 32.7 Å². The first kappa shape index (κ1) is 10.1. The highest BCUT2D eigenvalue weighted by Gasteiger charge is 2.40. The summed E-state index contributed by atoms with van der Waals surface area (Å²) in [7, 11) is 0. The zero-order valence-corrected chi connectivity index (χ0v) is 8.82. The summed E-state index contributed by atoms with van der Waals surface area (Å²) in [6.07, 6.45) is 7.36. The first-order valence-corrected chi connectivity index (χ1v) is 5.85. The lowest BCUT2D eigenvalue weighted by Gasteiger charge is -2.41. The van der Waals surface area contributed by atoms with Crippen molar-refractivity contribution in [2.75, 3.05) is 26.2 Å². The minimum absolute atomic E-state index is 0.389. The predicted octanol–water partition coefficient (Wildman–Crippen LogP) is 2.07. The fourth-order valence-corrected chi connectivity index (χ4v) is 2.68. The highest BCUT2D eigenvalue weighted by atomic mass is 16.3. The van der Waals surface area contributed by atoms with Crippen molar-refractivity contribution in [2.45, 2.75) is 38.5 Å². The second-order valence-corrected chi connectivity index (χ2v) is 4.48. The van der Waals surface area contributed by atoms with E-state index in [0.29, 0.717) is 4.70 Å². The molecule has 2 aliphatic heterocycles. The molecular weight excluding hydrogens is 178 g/mol. The van der Waals surface area contributed by atoms with Gasteiger partial charge >= 0.3 is 0 Å². The average molecular weight is 198 g/mol. The third kappa shape index (κ3) is 1.81. The van der Waals surface area contributed by atoms with Crippen LogP contribution in [-0.4, -0.2) is 35.9 Å². The fourth-order valence-electron chi connectivity index (χ4n) is 2.68. The molecule has 0 amide bonds. The van der Waals surface area contributed by atoms with Crippen LogP contribution in [0.15, 0.2) is 5.29 Å². The van der Waals surface area contributed by atoms with Crippen LogP contribution < -0.4 is 0 Å². The molecule has 4 heteroatoms. The Morgan fingerprint density at radius 1 is 0.857 bits per heavy atom. The predicted molar refractivity (Wildman–Crippen MR) is 55.1 cm³/mol. The Balaban J connectivity index is 2.04. The van der Waals surface area contributed by atoms with E-state index in [4.69, 9.17) is 0 Å². The molecule has 0 spiro atoms. The number of quaternary nitrogens is 1. The Morgan fingerprint density at radius 2 is 1.43 bits per heavy atom. The third-order valence-corrected chi connectivity index (χ3v) is 3.54. The average Bonchev–Trinajstić information content (AvgIpc) is 2.31. The monoisotopic (exact) mass is 198 g/mol. The Morgan fingerprint density at radius 3 is 2.00 bits per heavy atom. The molecule has 2 aliphatic rings. The molecule has 0 unspecified atom stereocenters. The molecule has 4 nitrogen and oxygen atoms in total. The van der Waals surface area contributed by atoms with Gasteiger partial charge < -0.3 is 0 Å². The van der Waals surface area contributed by atoms with Crippen LogP contribution in [0.3, 0.4) is 0 Å². The molecule has 0 atom stereocenters. The number of rotatable bonds is 2. The Bertz CT molecular complexity index is 196. The van der Waals surface area contributed by atoms with Gasteiger partial charge in [0, 0.05) is 12.8 Å². The maximum Gasteiger partial charge on any atom is 0.175 e. The van der Waals surface area contributed by atoms with Crippen LogP contribution in [0.4, 0.5) is 0 Å². The quantitative estimate of drug-likeness (QED) is 0.502. The molecular formula is C10H20N3O+. The van der Waals surface area contributed by atoms with E-state index in [0.717, 1.165) is 39.0 Å². The minimum atomic E-state index is 0.389. The summed E-state index contributed by atoms with van der Waals surface area (Å²) < 4.78 is 0.389. The van der Waals surface area contributed by atoms with Crippen molar-refractivity contribution < 1.29 is 4.70 Å². The largest absolute Gasteiger partial charge is 0.175 e. The Labute approximate surface area is 85.4 Å². The van der Waals surface area contributed by atoms with Crippen LogP contribution in [0, 0.1) is 4.91 Å². The maximum atomic E-state index is 11.1. The highest BCUT2D eigenvalue weighted by molar-refractivity contribution is 4.59. The van der Waals surface area contributed by atoms with Gasteiger partial charge in [0.25, 0.3) is 0 Å². The molecule has 0 bridgehead atoms. The highest BCUT2D eigenvalue weighted by Crippen LogP contribution is 2.25. The van der Waals surface area contributed by atoms with E-state index in [1.807, 2.05) is 0 Å². The van der Waals surface area contributed by atoms with Crippen molar-refractivity contribution in [1.29, 1.82) is 0 Å². The second kappa shape index (κ2) is 4.36. The zero-order valence-electron chi connectivity index (χ0n) is 8.82. The molecule has 0 aromatic carbocycles. The van der Waals surface area contributed by atoms with E-state index in [2.05, 4.69) is 10.3 Å². The van der Waals surface area contributed by atoms with Crippen molar-refractivity contribution in [2.24, 2.45) is 5.29 Å². The molecule has 14 heavy (non-hydrogen) atoms. The fraction of sp³-hybridized carbons (Fsp3) is 1.00. The minimum Gasteiger partial charge on any atom is -0.126 e. The summed E-state index contributed by atoms with van der Waals surface area (Å²) in [4.78, 5) is 11.1. The van der Waals surface area contributed by atoms with Crippen LogP contribution >= 0.6 is 0 Å². The van der Waals surface area contributed by atoms with Gasteiger partial charge in [0.05, 0.1) is 13.1 Å². The molecule has 0 radical (unpaired) electrons.